The van der Waals surface area contributed by atoms with E-state index < -0.39 is 5.97 Å². The second-order valence-corrected chi connectivity index (χ2v) is 7.62. The van der Waals surface area contributed by atoms with Crippen molar-refractivity contribution in [3.8, 4) is 11.5 Å². The van der Waals surface area contributed by atoms with Crippen LogP contribution in [-0.4, -0.2) is 36.7 Å². The Hall–Kier alpha value is -2.61. The summed E-state index contributed by atoms with van der Waals surface area (Å²) in [6.45, 7) is 9.00. The van der Waals surface area contributed by atoms with Gasteiger partial charge in [-0.3, -0.25) is 4.79 Å². The molecule has 0 aliphatic rings. The largest absolute Gasteiger partial charge is 0.490 e. The number of rotatable bonds is 12. The molecule has 0 fully saturated rings. The summed E-state index contributed by atoms with van der Waals surface area (Å²) in [5, 5.41) is 3.16. The molecule has 0 atom stereocenters. The smallest absolute Gasteiger partial charge is 0.350 e. The Bertz CT molecular complexity index is 850. The number of hydrogen-bond donors (Lipinski definition) is 1. The Kier molecular flexibility index (Phi) is 9.60. The van der Waals surface area contributed by atoms with E-state index in [1.165, 1.54) is 0 Å². The molecular weight excluding hydrogens is 404 g/mol. The molecule has 7 nitrogen and oxygen atoms in total. The van der Waals surface area contributed by atoms with Gasteiger partial charge in [-0.25, -0.2) is 9.78 Å². The number of carbonyl (C=O) groups is 2. The molecule has 0 spiro atoms. The Labute approximate surface area is 181 Å². The van der Waals surface area contributed by atoms with E-state index in [1.54, 1.807) is 13.8 Å². The third-order valence-electron chi connectivity index (χ3n) is 4.21. The molecule has 30 heavy (non-hydrogen) atoms. The van der Waals surface area contributed by atoms with E-state index in [0.29, 0.717) is 47.7 Å². The maximum Gasteiger partial charge on any atom is 0.350 e. The van der Waals surface area contributed by atoms with Gasteiger partial charge in [-0.15, -0.1) is 0 Å². The fourth-order valence-corrected chi connectivity index (χ4v) is 3.57. The van der Waals surface area contributed by atoms with Crippen molar-refractivity contribution in [1.82, 2.24) is 4.98 Å². The fraction of sp³-hybridized carbons (Fsp3) is 0.500. The Morgan fingerprint density at radius 3 is 2.60 bits per heavy atom. The fourth-order valence-electron chi connectivity index (χ4n) is 2.70. The maximum absolute atomic E-state index is 12.3. The summed E-state index contributed by atoms with van der Waals surface area (Å²) in [6.07, 6.45) is 2.89. The van der Waals surface area contributed by atoms with E-state index in [2.05, 4.69) is 17.2 Å². The minimum Gasteiger partial charge on any atom is -0.490 e. The third kappa shape index (κ3) is 7.02. The maximum atomic E-state index is 12.3. The zero-order valence-electron chi connectivity index (χ0n) is 18.1. The summed E-state index contributed by atoms with van der Waals surface area (Å²) in [6, 6.07) is 5.76. The second kappa shape index (κ2) is 12.2. The van der Waals surface area contributed by atoms with E-state index in [4.69, 9.17) is 14.2 Å². The van der Waals surface area contributed by atoms with Gasteiger partial charge in [0.1, 0.15) is 4.88 Å². The van der Waals surface area contributed by atoms with Crippen LogP contribution >= 0.6 is 11.3 Å². The molecule has 1 aromatic carbocycles. The van der Waals surface area contributed by atoms with Crippen LogP contribution in [0.2, 0.25) is 0 Å². The molecule has 0 aliphatic carbocycles. The quantitative estimate of drug-likeness (QED) is 0.382. The number of anilines is 1. The van der Waals surface area contributed by atoms with Crippen LogP contribution < -0.4 is 14.8 Å². The number of unbranched alkanes of at least 4 members (excludes halogenated alkanes) is 1. The number of aryl methyl sites for hydroxylation is 2. The predicted octanol–water partition coefficient (Wildman–Crippen LogP) is 4.78. The van der Waals surface area contributed by atoms with E-state index in [9.17, 15) is 9.59 Å². The van der Waals surface area contributed by atoms with Crippen LogP contribution in [0.4, 0.5) is 5.13 Å². The highest BCUT2D eigenvalue weighted by Crippen LogP contribution is 2.29. The van der Waals surface area contributed by atoms with Crippen molar-refractivity contribution in [2.24, 2.45) is 0 Å². The first-order valence-corrected chi connectivity index (χ1v) is 11.1. The molecule has 0 saturated heterocycles. The molecule has 1 heterocycles. The van der Waals surface area contributed by atoms with Gasteiger partial charge in [0.25, 0.3) is 0 Å². The van der Waals surface area contributed by atoms with E-state index in [1.807, 2.05) is 25.1 Å². The van der Waals surface area contributed by atoms with Gasteiger partial charge in [0, 0.05) is 6.42 Å². The summed E-state index contributed by atoms with van der Waals surface area (Å²) in [5.41, 5.74) is 1.53. The summed E-state index contributed by atoms with van der Waals surface area (Å²) in [4.78, 5) is 28.9. The van der Waals surface area contributed by atoms with E-state index in [0.717, 1.165) is 35.5 Å². The molecular formula is C22H30N2O5S. The number of benzene rings is 1. The highest BCUT2D eigenvalue weighted by Gasteiger charge is 2.17. The van der Waals surface area contributed by atoms with Gasteiger partial charge in [-0.2, -0.15) is 0 Å². The number of nitrogens with zero attached hydrogens (tertiary/aromatic N) is 1. The Morgan fingerprint density at radius 1 is 1.10 bits per heavy atom. The minimum atomic E-state index is -0.419. The molecule has 1 aromatic heterocycles. The summed E-state index contributed by atoms with van der Waals surface area (Å²) < 4.78 is 16.5. The summed E-state index contributed by atoms with van der Waals surface area (Å²) in [7, 11) is 0. The van der Waals surface area contributed by atoms with Gasteiger partial charge in [-0.05, 0) is 51.3 Å². The van der Waals surface area contributed by atoms with Gasteiger partial charge in [0.2, 0.25) is 5.91 Å². The third-order valence-corrected chi connectivity index (χ3v) is 5.26. The van der Waals surface area contributed by atoms with Crippen LogP contribution in [0.5, 0.6) is 11.5 Å². The molecule has 2 aromatic rings. The average Bonchev–Trinajstić information content (AvgIpc) is 3.08. The van der Waals surface area contributed by atoms with Crippen LogP contribution in [0.15, 0.2) is 18.2 Å². The van der Waals surface area contributed by atoms with Crippen molar-refractivity contribution >= 4 is 28.3 Å². The van der Waals surface area contributed by atoms with Gasteiger partial charge < -0.3 is 19.5 Å². The average molecular weight is 435 g/mol. The lowest BCUT2D eigenvalue weighted by molar-refractivity contribution is -0.116. The number of ether oxygens (including phenoxy) is 3. The second-order valence-electron chi connectivity index (χ2n) is 6.62. The van der Waals surface area contributed by atoms with Crippen LogP contribution in [0.25, 0.3) is 0 Å². The normalized spacial score (nSPS) is 10.5. The molecule has 0 bridgehead atoms. The Morgan fingerprint density at radius 2 is 1.90 bits per heavy atom. The zero-order valence-corrected chi connectivity index (χ0v) is 18.9. The number of aromatic nitrogens is 1. The van der Waals surface area contributed by atoms with Crippen LogP contribution in [0.1, 0.15) is 61.0 Å². The number of carbonyl (C=O) groups excluding carboxylic acids is 2. The number of amides is 1. The lowest BCUT2D eigenvalue weighted by atomic mass is 10.1. The lowest BCUT2D eigenvalue weighted by Gasteiger charge is -2.13. The first-order chi connectivity index (χ1) is 14.5. The van der Waals surface area contributed by atoms with E-state index >= 15 is 0 Å². The first kappa shape index (κ1) is 23.7. The number of esters is 1. The molecule has 0 unspecified atom stereocenters. The molecule has 1 N–H and O–H groups in total. The van der Waals surface area contributed by atoms with Crippen molar-refractivity contribution in [2.75, 3.05) is 25.1 Å². The van der Waals surface area contributed by atoms with Crippen molar-refractivity contribution in [3.63, 3.8) is 0 Å². The van der Waals surface area contributed by atoms with Crippen LogP contribution in [0.3, 0.4) is 0 Å². The van der Waals surface area contributed by atoms with Crippen molar-refractivity contribution < 1.29 is 23.8 Å². The number of thiazole rings is 1. The molecule has 0 radical (unpaired) electrons. The molecule has 164 valence electrons. The molecule has 2 rings (SSSR count). The topological polar surface area (TPSA) is 86.8 Å². The predicted molar refractivity (Wildman–Crippen MR) is 118 cm³/mol. The van der Waals surface area contributed by atoms with Gasteiger partial charge in [-0.1, -0.05) is 30.7 Å². The van der Waals surface area contributed by atoms with E-state index in [-0.39, 0.29) is 12.3 Å². The van der Waals surface area contributed by atoms with Gasteiger partial charge >= 0.3 is 5.97 Å². The van der Waals surface area contributed by atoms with Crippen LogP contribution in [-0.2, 0) is 16.0 Å². The number of nitrogens with one attached hydrogen (secondary N) is 1. The van der Waals surface area contributed by atoms with Crippen molar-refractivity contribution in [2.45, 2.75) is 53.4 Å². The molecule has 0 saturated carbocycles. The molecule has 8 heteroatoms. The Balaban J connectivity index is 1.94. The standard InChI is InChI=1S/C22H30N2O5S/c1-5-8-13-29-17-11-9-16(14-18(17)27-6-2)10-12-19(25)24-22-23-15(4)20(30-22)21(26)28-7-3/h9,11,14H,5-8,10,12-13H2,1-4H3,(H,23,24,25). The zero-order chi connectivity index (χ0) is 21.9. The van der Waals surface area contributed by atoms with Gasteiger partial charge in [0.15, 0.2) is 16.6 Å². The molecule has 0 aliphatic heterocycles. The highest BCUT2D eigenvalue weighted by molar-refractivity contribution is 7.17. The number of hydrogen-bond acceptors (Lipinski definition) is 7. The SMILES string of the molecule is CCCCOc1ccc(CCC(=O)Nc2nc(C)c(C(=O)OCC)s2)cc1OCC. The highest BCUT2D eigenvalue weighted by atomic mass is 32.1. The van der Waals surface area contributed by atoms with Gasteiger partial charge in [0.05, 0.1) is 25.5 Å². The van der Waals surface area contributed by atoms with Crippen molar-refractivity contribution in [1.29, 1.82) is 0 Å². The minimum absolute atomic E-state index is 0.166. The lowest BCUT2D eigenvalue weighted by Crippen LogP contribution is -2.12. The van der Waals surface area contributed by atoms with Crippen LogP contribution in [0, 0.1) is 6.92 Å². The van der Waals surface area contributed by atoms with Crippen molar-refractivity contribution in [3.05, 3.63) is 34.3 Å². The molecule has 1 amide bonds. The summed E-state index contributed by atoms with van der Waals surface area (Å²) >= 11 is 1.12. The first-order valence-electron chi connectivity index (χ1n) is 10.3. The summed E-state index contributed by atoms with van der Waals surface area (Å²) in [5.74, 6) is 0.836. The monoisotopic (exact) mass is 434 g/mol.